The van der Waals surface area contributed by atoms with Crippen molar-refractivity contribution in [2.24, 2.45) is 5.92 Å². The lowest BCUT2D eigenvalue weighted by molar-refractivity contribution is -0.136. The van der Waals surface area contributed by atoms with Crippen molar-refractivity contribution in [2.45, 2.75) is 58.4 Å². The Morgan fingerprint density at radius 1 is 1.22 bits per heavy atom. The summed E-state index contributed by atoms with van der Waals surface area (Å²) in [6.07, 6.45) is 4.35. The normalized spacial score (nSPS) is 21.1. The van der Waals surface area contributed by atoms with Crippen molar-refractivity contribution in [3.05, 3.63) is 17.5 Å². The van der Waals surface area contributed by atoms with Crippen molar-refractivity contribution in [3.63, 3.8) is 0 Å². The van der Waals surface area contributed by atoms with Gasteiger partial charge in [0.1, 0.15) is 0 Å². The van der Waals surface area contributed by atoms with Gasteiger partial charge in [-0.25, -0.2) is 0 Å². The van der Waals surface area contributed by atoms with E-state index in [-0.39, 0.29) is 11.3 Å². The molecule has 2 saturated heterocycles. The van der Waals surface area contributed by atoms with Gasteiger partial charge in [-0.1, -0.05) is 20.8 Å². The number of hydrogen-bond donors (Lipinski definition) is 1. The van der Waals surface area contributed by atoms with Gasteiger partial charge in [-0.05, 0) is 44.8 Å². The number of likely N-dealkylation sites (tertiary alicyclic amines) is 2. The molecule has 2 fully saturated rings. The average molecular weight is 318 g/mol. The molecule has 0 aromatic carbocycles. The van der Waals surface area contributed by atoms with E-state index >= 15 is 0 Å². The third-order valence-electron chi connectivity index (χ3n) is 5.15. The van der Waals surface area contributed by atoms with Gasteiger partial charge in [0.2, 0.25) is 5.91 Å². The molecule has 5 heteroatoms. The third-order valence-corrected chi connectivity index (χ3v) is 5.15. The largest absolute Gasteiger partial charge is 0.342 e. The molecule has 5 nitrogen and oxygen atoms in total. The predicted octanol–water partition coefficient (Wildman–Crippen LogP) is 2.54. The first-order valence-corrected chi connectivity index (χ1v) is 8.99. The number of hydrogen-bond acceptors (Lipinski definition) is 3. The van der Waals surface area contributed by atoms with Crippen LogP contribution in [0.3, 0.4) is 0 Å². The molecular weight excluding hydrogens is 288 g/mol. The summed E-state index contributed by atoms with van der Waals surface area (Å²) in [5, 5.41) is 7.61. The quantitative estimate of drug-likeness (QED) is 0.932. The lowest BCUT2D eigenvalue weighted by atomic mass is 9.92. The van der Waals surface area contributed by atoms with E-state index in [1.807, 2.05) is 0 Å². The molecule has 0 atom stereocenters. The highest BCUT2D eigenvalue weighted by Crippen LogP contribution is 2.24. The third kappa shape index (κ3) is 3.94. The Morgan fingerprint density at radius 3 is 2.43 bits per heavy atom. The second-order valence-electron chi connectivity index (χ2n) is 8.11. The topological polar surface area (TPSA) is 52.2 Å². The molecule has 1 aromatic heterocycles. The van der Waals surface area contributed by atoms with Crippen LogP contribution >= 0.6 is 0 Å². The highest BCUT2D eigenvalue weighted by Gasteiger charge is 2.30. The highest BCUT2D eigenvalue weighted by molar-refractivity contribution is 5.79. The van der Waals surface area contributed by atoms with Crippen molar-refractivity contribution >= 4 is 5.91 Å². The number of aromatic nitrogens is 2. The smallest absolute Gasteiger partial charge is 0.225 e. The highest BCUT2D eigenvalue weighted by atomic mass is 16.2. The SMILES string of the molecule is CC(C)(C)c1cc(CN2CCC(C(=O)N3CCCC3)CC2)[nH]n1. The number of carbonyl (C=O) groups excluding carboxylic acids is 1. The van der Waals surface area contributed by atoms with Gasteiger partial charge in [0, 0.05) is 36.7 Å². The van der Waals surface area contributed by atoms with Crippen LogP contribution in [0.5, 0.6) is 0 Å². The summed E-state index contributed by atoms with van der Waals surface area (Å²) in [5.74, 6) is 0.648. The maximum Gasteiger partial charge on any atom is 0.225 e. The molecule has 1 N–H and O–H groups in total. The minimum atomic E-state index is 0.0872. The van der Waals surface area contributed by atoms with Gasteiger partial charge in [-0.2, -0.15) is 5.10 Å². The van der Waals surface area contributed by atoms with Crippen LogP contribution in [0.1, 0.15) is 57.8 Å². The number of nitrogens with zero attached hydrogens (tertiary/aromatic N) is 3. The lowest BCUT2D eigenvalue weighted by Crippen LogP contribution is -2.41. The minimum Gasteiger partial charge on any atom is -0.342 e. The molecule has 23 heavy (non-hydrogen) atoms. The van der Waals surface area contributed by atoms with Crippen molar-refractivity contribution < 1.29 is 4.79 Å². The van der Waals surface area contributed by atoms with E-state index < -0.39 is 0 Å². The van der Waals surface area contributed by atoms with E-state index in [0.29, 0.717) is 5.91 Å². The van der Waals surface area contributed by atoms with Gasteiger partial charge < -0.3 is 4.90 Å². The number of nitrogens with one attached hydrogen (secondary N) is 1. The van der Waals surface area contributed by atoms with E-state index in [1.165, 1.54) is 18.5 Å². The zero-order valence-electron chi connectivity index (χ0n) is 14.8. The fourth-order valence-corrected chi connectivity index (χ4v) is 3.60. The fourth-order valence-electron chi connectivity index (χ4n) is 3.60. The molecule has 128 valence electrons. The average Bonchev–Trinajstić information content (AvgIpc) is 3.18. The number of aromatic amines is 1. The molecule has 1 aromatic rings. The minimum absolute atomic E-state index is 0.0872. The molecule has 3 rings (SSSR count). The molecule has 3 heterocycles. The number of carbonyl (C=O) groups is 1. The Kier molecular flexibility index (Phi) is 4.76. The van der Waals surface area contributed by atoms with Crippen LogP contribution in [-0.2, 0) is 16.8 Å². The zero-order chi connectivity index (χ0) is 16.4. The number of piperidine rings is 1. The summed E-state index contributed by atoms with van der Waals surface area (Å²) in [6.45, 7) is 11.4. The van der Waals surface area contributed by atoms with Crippen molar-refractivity contribution in [1.82, 2.24) is 20.0 Å². The van der Waals surface area contributed by atoms with Gasteiger partial charge >= 0.3 is 0 Å². The van der Waals surface area contributed by atoms with Crippen LogP contribution < -0.4 is 0 Å². The summed E-state index contributed by atoms with van der Waals surface area (Å²) in [7, 11) is 0. The maximum absolute atomic E-state index is 12.5. The summed E-state index contributed by atoms with van der Waals surface area (Å²) in [6, 6.07) is 2.18. The predicted molar refractivity (Wildman–Crippen MR) is 91.1 cm³/mol. The van der Waals surface area contributed by atoms with Gasteiger partial charge in [0.15, 0.2) is 0 Å². The van der Waals surface area contributed by atoms with Crippen LogP contribution in [0, 0.1) is 5.92 Å². The summed E-state index contributed by atoms with van der Waals surface area (Å²) in [4.78, 5) is 17.0. The van der Waals surface area contributed by atoms with Crippen molar-refractivity contribution in [3.8, 4) is 0 Å². The molecule has 0 spiro atoms. The Labute approximate surface area is 139 Å². The van der Waals surface area contributed by atoms with Gasteiger partial charge in [-0.15, -0.1) is 0 Å². The Bertz CT molecular complexity index is 531. The monoisotopic (exact) mass is 318 g/mol. The summed E-state index contributed by atoms with van der Waals surface area (Å²) in [5.41, 5.74) is 2.38. The van der Waals surface area contributed by atoms with Crippen molar-refractivity contribution in [1.29, 1.82) is 0 Å². The number of H-pyrrole nitrogens is 1. The van der Waals surface area contributed by atoms with Crippen LogP contribution in [-0.4, -0.2) is 52.1 Å². The Balaban J connectivity index is 1.49. The molecule has 2 aliphatic heterocycles. The van der Waals surface area contributed by atoms with E-state index in [4.69, 9.17) is 0 Å². The van der Waals surface area contributed by atoms with Crippen molar-refractivity contribution in [2.75, 3.05) is 26.2 Å². The van der Waals surface area contributed by atoms with Crippen LogP contribution in [0.15, 0.2) is 6.07 Å². The van der Waals surface area contributed by atoms with Crippen LogP contribution in [0.25, 0.3) is 0 Å². The maximum atomic E-state index is 12.5. The molecule has 0 bridgehead atoms. The molecule has 1 amide bonds. The second kappa shape index (κ2) is 6.63. The molecule has 0 saturated carbocycles. The van der Waals surface area contributed by atoms with Gasteiger partial charge in [0.05, 0.1) is 5.69 Å². The molecule has 0 unspecified atom stereocenters. The fraction of sp³-hybridized carbons (Fsp3) is 0.778. The first-order chi connectivity index (χ1) is 10.9. The molecule has 2 aliphatic rings. The zero-order valence-corrected chi connectivity index (χ0v) is 14.8. The Hall–Kier alpha value is -1.36. The van der Waals surface area contributed by atoms with E-state index in [0.717, 1.165) is 51.3 Å². The van der Waals surface area contributed by atoms with Crippen LogP contribution in [0.4, 0.5) is 0 Å². The standard InChI is InChI=1S/C18H30N4O/c1-18(2,3)16-12-15(19-20-16)13-21-10-6-14(7-11-21)17(23)22-8-4-5-9-22/h12,14H,4-11,13H2,1-3H3,(H,19,20). The summed E-state index contributed by atoms with van der Waals surface area (Å²) >= 11 is 0. The number of amides is 1. The Morgan fingerprint density at radius 2 is 1.87 bits per heavy atom. The van der Waals surface area contributed by atoms with Crippen LogP contribution in [0.2, 0.25) is 0 Å². The van der Waals surface area contributed by atoms with Gasteiger partial charge in [0.25, 0.3) is 0 Å². The molecule has 0 aliphatic carbocycles. The van der Waals surface area contributed by atoms with Gasteiger partial charge in [-0.3, -0.25) is 14.8 Å². The van der Waals surface area contributed by atoms with E-state index in [9.17, 15) is 4.79 Å². The molecule has 0 radical (unpaired) electrons. The number of rotatable bonds is 3. The second-order valence-corrected chi connectivity index (χ2v) is 8.11. The molecular formula is C18H30N4O. The van der Waals surface area contributed by atoms with E-state index in [2.05, 4.69) is 46.8 Å². The first kappa shape index (κ1) is 16.5. The first-order valence-electron chi connectivity index (χ1n) is 8.99. The summed E-state index contributed by atoms with van der Waals surface area (Å²) < 4.78 is 0. The lowest BCUT2D eigenvalue weighted by Gasteiger charge is -2.32. The van der Waals surface area contributed by atoms with E-state index in [1.54, 1.807) is 0 Å².